The number of carbonyl (C=O) groups is 1. The Morgan fingerprint density at radius 3 is 1.26 bits per heavy atom. The van der Waals surface area contributed by atoms with E-state index in [1.807, 2.05) is 0 Å². The Morgan fingerprint density at radius 2 is 0.941 bits per heavy atom. The molecule has 9 heteroatoms. The first-order chi connectivity index (χ1) is 16.3. The van der Waals surface area contributed by atoms with Crippen LogP contribution in [0.15, 0.2) is 84.9 Å². The monoisotopic (exact) mass is 456 g/mol. The molecule has 0 bridgehead atoms. The van der Waals surface area contributed by atoms with Crippen LogP contribution in [0.5, 0.6) is 11.5 Å². The van der Waals surface area contributed by atoms with E-state index in [1.54, 1.807) is 0 Å². The Kier molecular flexibility index (Phi) is 5.75. The second kappa shape index (κ2) is 8.83. The van der Waals surface area contributed by atoms with Gasteiger partial charge in [0.1, 0.15) is 11.5 Å². The van der Waals surface area contributed by atoms with Crippen LogP contribution in [-0.2, 0) is 0 Å². The maximum Gasteiger partial charge on any atom is 0.277 e. The molecule has 2 N–H and O–H groups in total. The molecule has 0 amide bonds. The minimum Gasteiger partial charge on any atom is -0.508 e. The molecule has 0 saturated heterocycles. The van der Waals surface area contributed by atoms with Crippen molar-refractivity contribution >= 4 is 17.2 Å². The number of nitro groups is 2. The van der Waals surface area contributed by atoms with Gasteiger partial charge in [0.05, 0.1) is 21.0 Å². The number of aromatic hydroxyl groups is 2. The first-order valence-corrected chi connectivity index (χ1v) is 9.96. The average Bonchev–Trinajstić information content (AvgIpc) is 2.83. The van der Waals surface area contributed by atoms with Crippen molar-refractivity contribution in [3.63, 3.8) is 0 Å². The highest BCUT2D eigenvalue weighted by molar-refractivity contribution is 6.17. The van der Waals surface area contributed by atoms with Crippen LogP contribution in [0.3, 0.4) is 0 Å². The zero-order chi connectivity index (χ0) is 24.4. The molecule has 4 rings (SSSR count). The average molecular weight is 456 g/mol. The minimum atomic E-state index is -0.654. The van der Waals surface area contributed by atoms with E-state index >= 15 is 0 Å². The van der Waals surface area contributed by atoms with E-state index in [1.165, 1.54) is 84.9 Å². The second-order valence-electron chi connectivity index (χ2n) is 7.34. The predicted octanol–water partition coefficient (Wildman–Crippen LogP) is 5.48. The molecule has 34 heavy (non-hydrogen) atoms. The predicted molar refractivity (Wildman–Crippen MR) is 124 cm³/mol. The molecule has 4 aromatic rings. The molecule has 0 fully saturated rings. The van der Waals surface area contributed by atoms with Gasteiger partial charge in [0.2, 0.25) is 0 Å². The molecule has 0 aromatic heterocycles. The topological polar surface area (TPSA) is 144 Å². The highest BCUT2D eigenvalue weighted by Gasteiger charge is 2.28. The first kappa shape index (κ1) is 22.2. The van der Waals surface area contributed by atoms with Crippen molar-refractivity contribution in [1.82, 2.24) is 0 Å². The van der Waals surface area contributed by atoms with E-state index in [4.69, 9.17) is 0 Å². The van der Waals surface area contributed by atoms with Gasteiger partial charge >= 0.3 is 0 Å². The van der Waals surface area contributed by atoms with E-state index in [0.717, 1.165) is 0 Å². The van der Waals surface area contributed by atoms with Crippen LogP contribution in [0.25, 0.3) is 22.3 Å². The van der Waals surface area contributed by atoms with Crippen LogP contribution in [-0.4, -0.2) is 25.8 Å². The Labute approximate surface area is 192 Å². The molecule has 0 aliphatic rings. The lowest BCUT2D eigenvalue weighted by molar-refractivity contribution is -0.384. The number of hydrogen-bond acceptors (Lipinski definition) is 7. The lowest BCUT2D eigenvalue weighted by atomic mass is 9.88. The van der Waals surface area contributed by atoms with E-state index in [0.29, 0.717) is 11.1 Å². The van der Waals surface area contributed by atoms with Gasteiger partial charge in [-0.15, -0.1) is 0 Å². The summed E-state index contributed by atoms with van der Waals surface area (Å²) in [4.78, 5) is 36.1. The highest BCUT2D eigenvalue weighted by atomic mass is 16.6. The Hall–Kier alpha value is -5.05. The summed E-state index contributed by atoms with van der Waals surface area (Å²) in [5, 5.41) is 42.8. The molecule has 0 unspecified atom stereocenters. The number of benzene rings is 4. The van der Waals surface area contributed by atoms with Gasteiger partial charge in [-0.3, -0.25) is 25.0 Å². The number of carbonyl (C=O) groups excluding carboxylic acids is 1. The summed E-state index contributed by atoms with van der Waals surface area (Å²) in [7, 11) is 0. The molecule has 0 aliphatic carbocycles. The second-order valence-corrected chi connectivity index (χ2v) is 7.34. The van der Waals surface area contributed by atoms with Crippen molar-refractivity contribution in [3.8, 4) is 33.8 Å². The number of rotatable bonds is 6. The van der Waals surface area contributed by atoms with Crippen LogP contribution in [0.1, 0.15) is 15.9 Å². The van der Waals surface area contributed by atoms with Crippen LogP contribution in [0.4, 0.5) is 11.4 Å². The SMILES string of the molecule is O=C(c1cccc([N+](=O)[O-])c1-c1ccc(O)cc1)c1cccc([N+](=O)[O-])c1-c1ccc(O)cc1. The molecule has 0 radical (unpaired) electrons. The molecule has 0 aliphatic heterocycles. The largest absolute Gasteiger partial charge is 0.508 e. The fourth-order valence-corrected chi connectivity index (χ4v) is 3.77. The summed E-state index contributed by atoms with van der Waals surface area (Å²) in [5.74, 6) is -0.759. The third-order valence-corrected chi connectivity index (χ3v) is 5.28. The third-order valence-electron chi connectivity index (χ3n) is 5.28. The standard InChI is InChI=1S/C25H16N2O7/c28-17-11-7-15(8-12-17)23-19(3-1-5-21(23)26(31)32)25(30)20-4-2-6-22(27(33)34)24(20)16-9-13-18(29)14-10-16/h1-14,28-29H. The lowest BCUT2D eigenvalue weighted by Gasteiger charge is -2.13. The Bertz CT molecular complexity index is 1320. The third kappa shape index (κ3) is 4.05. The van der Waals surface area contributed by atoms with E-state index < -0.39 is 15.6 Å². The number of phenols is 2. The number of hydrogen-bond donors (Lipinski definition) is 2. The van der Waals surface area contributed by atoms with Crippen molar-refractivity contribution < 1.29 is 24.9 Å². The van der Waals surface area contributed by atoms with Crippen molar-refractivity contribution in [3.05, 3.63) is 116 Å². The molecular weight excluding hydrogens is 440 g/mol. The van der Waals surface area contributed by atoms with Gasteiger partial charge in [0.15, 0.2) is 5.78 Å². The smallest absolute Gasteiger partial charge is 0.277 e. The zero-order valence-electron chi connectivity index (χ0n) is 17.4. The number of phenolic OH excluding ortho intramolecular Hbond substituents is 2. The van der Waals surface area contributed by atoms with E-state index in [-0.39, 0.29) is 45.1 Å². The summed E-state index contributed by atoms with van der Waals surface area (Å²) in [5.41, 5.74) is -0.00130. The summed E-state index contributed by atoms with van der Waals surface area (Å²) < 4.78 is 0. The van der Waals surface area contributed by atoms with Gasteiger partial charge in [0.25, 0.3) is 11.4 Å². The molecule has 0 heterocycles. The van der Waals surface area contributed by atoms with Crippen LogP contribution >= 0.6 is 0 Å². The van der Waals surface area contributed by atoms with Crippen LogP contribution in [0, 0.1) is 20.2 Å². The normalized spacial score (nSPS) is 10.6. The fraction of sp³-hybridized carbons (Fsp3) is 0. The molecule has 9 nitrogen and oxygen atoms in total. The quantitative estimate of drug-likeness (QED) is 0.222. The summed E-state index contributed by atoms with van der Waals surface area (Å²) in [6.07, 6.45) is 0. The van der Waals surface area contributed by atoms with Crippen LogP contribution in [0.2, 0.25) is 0 Å². The molecule has 0 saturated carbocycles. The van der Waals surface area contributed by atoms with Crippen molar-refractivity contribution in [2.24, 2.45) is 0 Å². The Balaban J connectivity index is 1.99. The first-order valence-electron chi connectivity index (χ1n) is 9.96. The number of ketones is 1. The summed E-state index contributed by atoms with van der Waals surface area (Å²) >= 11 is 0. The molecule has 168 valence electrons. The van der Waals surface area contributed by atoms with Crippen LogP contribution < -0.4 is 0 Å². The highest BCUT2D eigenvalue weighted by Crippen LogP contribution is 2.39. The van der Waals surface area contributed by atoms with E-state index in [9.17, 15) is 35.2 Å². The number of nitro benzene ring substituents is 2. The maximum atomic E-state index is 13.8. The van der Waals surface area contributed by atoms with Gasteiger partial charge in [-0.05, 0) is 47.5 Å². The molecule has 0 spiro atoms. The van der Waals surface area contributed by atoms with Gasteiger partial charge in [0, 0.05) is 23.3 Å². The Morgan fingerprint density at radius 1 is 0.588 bits per heavy atom. The molecular formula is C25H16N2O7. The van der Waals surface area contributed by atoms with Gasteiger partial charge in [-0.1, -0.05) is 36.4 Å². The number of nitrogens with zero attached hydrogens (tertiary/aromatic N) is 2. The zero-order valence-corrected chi connectivity index (χ0v) is 17.4. The van der Waals surface area contributed by atoms with Crippen molar-refractivity contribution in [2.45, 2.75) is 0 Å². The molecule has 4 aromatic carbocycles. The van der Waals surface area contributed by atoms with Crippen molar-refractivity contribution in [1.29, 1.82) is 0 Å². The van der Waals surface area contributed by atoms with E-state index in [2.05, 4.69) is 0 Å². The summed E-state index contributed by atoms with van der Waals surface area (Å²) in [6, 6.07) is 19.2. The van der Waals surface area contributed by atoms with Gasteiger partial charge < -0.3 is 10.2 Å². The van der Waals surface area contributed by atoms with Crippen molar-refractivity contribution in [2.75, 3.05) is 0 Å². The van der Waals surface area contributed by atoms with Gasteiger partial charge in [-0.2, -0.15) is 0 Å². The van der Waals surface area contributed by atoms with Gasteiger partial charge in [-0.25, -0.2) is 0 Å². The fourth-order valence-electron chi connectivity index (χ4n) is 3.77. The molecule has 0 atom stereocenters. The summed E-state index contributed by atoms with van der Waals surface area (Å²) in [6.45, 7) is 0. The maximum absolute atomic E-state index is 13.8. The minimum absolute atomic E-state index is 0.0274. The lowest BCUT2D eigenvalue weighted by Crippen LogP contribution is -2.08.